The zero-order valence-electron chi connectivity index (χ0n) is 23.1. The molecule has 0 spiro atoms. The molecule has 198 valence electrons. The van der Waals surface area contributed by atoms with Crippen LogP contribution in [0.3, 0.4) is 0 Å². The lowest BCUT2D eigenvalue weighted by Crippen LogP contribution is -1.95. The highest BCUT2D eigenvalue weighted by molar-refractivity contribution is 5.40. The minimum atomic E-state index is 0.499. The van der Waals surface area contributed by atoms with Crippen molar-refractivity contribution < 1.29 is 9.47 Å². The molecule has 2 aromatic carbocycles. The number of aryl methyl sites for hydroxylation is 2. The van der Waals surface area contributed by atoms with Crippen LogP contribution in [0, 0.1) is 23.7 Å². The van der Waals surface area contributed by atoms with E-state index in [4.69, 9.17) is 9.47 Å². The second-order valence-electron chi connectivity index (χ2n) is 8.52. The summed E-state index contributed by atoms with van der Waals surface area (Å²) in [6, 6.07) is 16.6. The Morgan fingerprint density at radius 3 is 1.33 bits per heavy atom. The van der Waals surface area contributed by atoms with E-state index in [-0.39, 0.29) is 0 Å². The topological polar surface area (TPSA) is 70.0 Å². The Kier molecular flexibility index (Phi) is 12.0. The minimum absolute atomic E-state index is 0.499. The van der Waals surface area contributed by atoms with E-state index in [1.54, 1.807) is 31.9 Å². The second-order valence-corrected chi connectivity index (χ2v) is 8.52. The van der Waals surface area contributed by atoms with Crippen LogP contribution in [0.5, 0.6) is 11.5 Å². The first-order valence-corrected chi connectivity index (χ1v) is 13.2. The summed E-state index contributed by atoms with van der Waals surface area (Å²) in [6.45, 7) is 6.89. The fourth-order valence-electron chi connectivity index (χ4n) is 3.45. The molecule has 0 saturated heterocycles. The highest BCUT2D eigenvalue weighted by Gasteiger charge is 1.96. The van der Waals surface area contributed by atoms with E-state index in [0.717, 1.165) is 36.8 Å². The summed E-state index contributed by atoms with van der Waals surface area (Å²) in [5.41, 5.74) is 4.63. The van der Waals surface area contributed by atoms with Gasteiger partial charge in [0.2, 0.25) is 11.6 Å². The molecule has 0 aliphatic rings. The molecule has 0 atom stereocenters. The molecule has 0 fully saturated rings. The number of nitrogens with zero attached hydrogens (tertiary/aromatic N) is 4. The minimum Gasteiger partial charge on any atom is -0.494 e. The van der Waals surface area contributed by atoms with Crippen molar-refractivity contribution in [1.29, 1.82) is 0 Å². The predicted octanol–water partition coefficient (Wildman–Crippen LogP) is 6.07. The summed E-state index contributed by atoms with van der Waals surface area (Å²) < 4.78 is 10.3. The molecule has 0 radical (unpaired) electrons. The van der Waals surface area contributed by atoms with Crippen molar-refractivity contribution >= 4 is 0 Å². The highest BCUT2D eigenvalue weighted by atomic mass is 16.5. The summed E-state index contributed by atoms with van der Waals surface area (Å²) >= 11 is 0. The monoisotopic (exact) mass is 518 g/mol. The van der Waals surface area contributed by atoms with Gasteiger partial charge in [0.15, 0.2) is 11.5 Å². The Morgan fingerprint density at radius 1 is 0.564 bits per heavy atom. The molecule has 0 unspecified atom stereocenters. The number of hydrogen-bond donors (Lipinski definition) is 0. The van der Waals surface area contributed by atoms with Crippen molar-refractivity contribution in [2.24, 2.45) is 0 Å². The van der Waals surface area contributed by atoms with E-state index < -0.39 is 0 Å². The molecule has 6 nitrogen and oxygen atoms in total. The van der Waals surface area contributed by atoms with Crippen LogP contribution in [0.2, 0.25) is 0 Å². The zero-order valence-corrected chi connectivity index (χ0v) is 23.1. The van der Waals surface area contributed by atoms with Crippen molar-refractivity contribution in [3.8, 4) is 35.2 Å². The summed E-state index contributed by atoms with van der Waals surface area (Å²) in [4.78, 5) is 16.5. The number of hydrogen-bond acceptors (Lipinski definition) is 6. The third kappa shape index (κ3) is 10.3. The summed E-state index contributed by atoms with van der Waals surface area (Å²) in [5.74, 6) is 14.3. The van der Waals surface area contributed by atoms with Crippen LogP contribution in [-0.2, 0) is 12.8 Å². The molecular weight excluding hydrogens is 484 g/mol. The van der Waals surface area contributed by atoms with E-state index in [9.17, 15) is 0 Å². The fourth-order valence-corrected chi connectivity index (χ4v) is 3.45. The Balaban J connectivity index is 0.000000216. The smallest absolute Gasteiger partial charge is 0.205 e. The first-order valence-electron chi connectivity index (χ1n) is 13.2. The number of aromatic nitrogens is 4. The van der Waals surface area contributed by atoms with Crippen molar-refractivity contribution in [2.75, 3.05) is 13.7 Å². The molecule has 4 rings (SSSR count). The SMILES string of the molecule is CCCc1ccc(C#Cc2ncc(OC)cn2)cc1.CCCc1ccc(C#Cc2ncc(OCC)cn2)cc1. The quantitative estimate of drug-likeness (QED) is 0.277. The first-order chi connectivity index (χ1) is 19.1. The van der Waals surface area contributed by atoms with E-state index in [1.165, 1.54) is 11.1 Å². The third-order valence-electron chi connectivity index (χ3n) is 5.43. The summed E-state index contributed by atoms with van der Waals surface area (Å²) in [5, 5.41) is 0. The largest absolute Gasteiger partial charge is 0.494 e. The lowest BCUT2D eigenvalue weighted by atomic mass is 10.1. The van der Waals surface area contributed by atoms with Crippen molar-refractivity contribution in [1.82, 2.24) is 19.9 Å². The predicted molar refractivity (Wildman–Crippen MR) is 155 cm³/mol. The van der Waals surface area contributed by atoms with Gasteiger partial charge in [0.05, 0.1) is 38.5 Å². The van der Waals surface area contributed by atoms with Crippen LogP contribution < -0.4 is 9.47 Å². The fraction of sp³-hybridized carbons (Fsp3) is 0.273. The Bertz CT molecular complexity index is 1340. The van der Waals surface area contributed by atoms with Crippen molar-refractivity contribution in [3.63, 3.8) is 0 Å². The van der Waals surface area contributed by atoms with Crippen molar-refractivity contribution in [2.45, 2.75) is 46.5 Å². The Hall–Kier alpha value is -4.68. The van der Waals surface area contributed by atoms with Gasteiger partial charge in [-0.3, -0.25) is 0 Å². The molecule has 4 aromatic rings. The number of ether oxygens (including phenoxy) is 2. The molecule has 0 saturated carbocycles. The number of rotatable bonds is 7. The molecule has 6 heteroatoms. The van der Waals surface area contributed by atoms with Gasteiger partial charge in [-0.1, -0.05) is 62.8 Å². The molecule has 0 aliphatic carbocycles. The van der Waals surface area contributed by atoms with Gasteiger partial charge < -0.3 is 9.47 Å². The Morgan fingerprint density at radius 2 is 0.974 bits per heavy atom. The van der Waals surface area contributed by atoms with Gasteiger partial charge in [0, 0.05) is 11.1 Å². The van der Waals surface area contributed by atoms with Gasteiger partial charge in [0.1, 0.15) is 0 Å². The van der Waals surface area contributed by atoms with Crippen molar-refractivity contribution in [3.05, 3.63) is 107 Å². The maximum Gasteiger partial charge on any atom is 0.205 e. The maximum absolute atomic E-state index is 5.29. The molecule has 2 aromatic heterocycles. The van der Waals surface area contributed by atoms with Gasteiger partial charge in [0.25, 0.3) is 0 Å². The van der Waals surface area contributed by atoms with E-state index in [1.807, 2.05) is 31.2 Å². The standard InChI is InChI=1S/C17H18N2O.C16H16N2O/c1-3-5-14-6-8-15(9-7-14)10-11-17-18-12-16(13-19-17)20-4-2;1-3-4-13-5-7-14(8-6-13)9-10-16-17-11-15(19-2)12-18-16/h6-9,12-13H,3-5H2,1-2H3;5-8,11-12H,3-4H2,1-2H3. The van der Waals surface area contributed by atoms with Gasteiger partial charge >= 0.3 is 0 Å². The number of methoxy groups -OCH3 is 1. The molecule has 0 aliphatic heterocycles. The molecule has 0 bridgehead atoms. The molecule has 0 N–H and O–H groups in total. The molecule has 39 heavy (non-hydrogen) atoms. The number of benzene rings is 2. The highest BCUT2D eigenvalue weighted by Crippen LogP contribution is 2.08. The lowest BCUT2D eigenvalue weighted by Gasteiger charge is -1.99. The van der Waals surface area contributed by atoms with Gasteiger partial charge in [-0.05, 0) is 67.0 Å². The van der Waals surface area contributed by atoms with Gasteiger partial charge in [-0.25, -0.2) is 19.9 Å². The van der Waals surface area contributed by atoms with E-state index in [0.29, 0.717) is 29.8 Å². The summed E-state index contributed by atoms with van der Waals surface area (Å²) in [7, 11) is 1.59. The van der Waals surface area contributed by atoms with Crippen LogP contribution in [0.1, 0.15) is 67.5 Å². The zero-order chi connectivity index (χ0) is 27.7. The summed E-state index contributed by atoms with van der Waals surface area (Å²) in [6.07, 6.45) is 11.0. The van der Waals surface area contributed by atoms with E-state index >= 15 is 0 Å². The molecule has 0 amide bonds. The van der Waals surface area contributed by atoms with Crippen LogP contribution in [0.25, 0.3) is 0 Å². The third-order valence-corrected chi connectivity index (χ3v) is 5.43. The van der Waals surface area contributed by atoms with Crippen LogP contribution in [0.15, 0.2) is 73.3 Å². The lowest BCUT2D eigenvalue weighted by molar-refractivity contribution is 0.337. The van der Waals surface area contributed by atoms with Gasteiger partial charge in [-0.15, -0.1) is 0 Å². The molecule has 2 heterocycles. The average molecular weight is 519 g/mol. The molecular formula is C33H34N4O2. The normalized spacial score (nSPS) is 9.64. The van der Waals surface area contributed by atoms with Gasteiger partial charge in [-0.2, -0.15) is 0 Å². The first kappa shape index (κ1) is 28.9. The van der Waals surface area contributed by atoms with E-state index in [2.05, 4.69) is 81.7 Å². The second kappa shape index (κ2) is 16.2. The maximum atomic E-state index is 5.29. The van der Waals surface area contributed by atoms with Crippen LogP contribution >= 0.6 is 0 Å². The van der Waals surface area contributed by atoms with Crippen LogP contribution in [0.4, 0.5) is 0 Å². The van der Waals surface area contributed by atoms with Crippen LogP contribution in [-0.4, -0.2) is 33.7 Å². The Labute approximate surface area is 231 Å². The average Bonchev–Trinajstić information content (AvgIpc) is 2.98.